The molecule has 3 rings (SSSR count). The summed E-state index contributed by atoms with van der Waals surface area (Å²) in [7, 11) is 0. The summed E-state index contributed by atoms with van der Waals surface area (Å²) in [6.45, 7) is 1.72. The van der Waals surface area contributed by atoms with Crippen LogP contribution in [0, 0.1) is 6.92 Å². The van der Waals surface area contributed by atoms with Crippen molar-refractivity contribution in [1.82, 2.24) is 14.6 Å². The second-order valence-electron chi connectivity index (χ2n) is 4.44. The summed E-state index contributed by atoms with van der Waals surface area (Å²) in [5, 5.41) is 10.8. The number of benzene rings is 1. The number of hydrogen-bond donors (Lipinski definition) is 2. The Hall–Kier alpha value is -2.67. The van der Waals surface area contributed by atoms with Crippen molar-refractivity contribution in [1.29, 1.82) is 0 Å². The van der Waals surface area contributed by atoms with Gasteiger partial charge in [0.15, 0.2) is 11.3 Å². The first-order valence-electron chi connectivity index (χ1n) is 6.06. The summed E-state index contributed by atoms with van der Waals surface area (Å²) in [6.07, 6.45) is 0. The molecule has 0 saturated carbocycles. The van der Waals surface area contributed by atoms with Crippen molar-refractivity contribution in [3.05, 3.63) is 61.8 Å². The average Bonchev–Trinajstić information content (AvgIpc) is 2.73. The molecule has 0 aliphatic carbocycles. The molecule has 0 aliphatic heterocycles. The van der Waals surface area contributed by atoms with E-state index >= 15 is 0 Å². The van der Waals surface area contributed by atoms with Gasteiger partial charge < -0.3 is 4.98 Å². The van der Waals surface area contributed by atoms with E-state index in [0.29, 0.717) is 16.4 Å². The van der Waals surface area contributed by atoms with E-state index in [1.54, 1.807) is 31.2 Å². The van der Waals surface area contributed by atoms with E-state index in [1.165, 1.54) is 6.07 Å². The zero-order chi connectivity index (χ0) is 15.0. The molecule has 2 aromatic heterocycles. The van der Waals surface area contributed by atoms with Gasteiger partial charge in [-0.2, -0.15) is 9.63 Å². The molecule has 106 valence electrons. The number of halogens is 1. The van der Waals surface area contributed by atoms with Crippen molar-refractivity contribution in [2.24, 2.45) is 10.2 Å². The number of aromatic nitrogens is 3. The van der Waals surface area contributed by atoms with Crippen LogP contribution in [0.1, 0.15) is 5.69 Å². The highest BCUT2D eigenvalue weighted by Crippen LogP contribution is 2.21. The number of aromatic amines is 2. The molecule has 0 radical (unpaired) electrons. The number of H-pyrrole nitrogens is 2. The van der Waals surface area contributed by atoms with Gasteiger partial charge in [-0.15, -0.1) is 5.11 Å². The van der Waals surface area contributed by atoms with Gasteiger partial charge in [-0.3, -0.25) is 14.7 Å². The number of nitrogens with zero attached hydrogens (tertiary/aromatic N) is 3. The Labute approximate surface area is 122 Å². The fraction of sp³-hybridized carbons (Fsp3) is 0.0769. The third-order valence-electron chi connectivity index (χ3n) is 2.83. The minimum Gasteiger partial charge on any atom is -0.342 e. The molecule has 21 heavy (non-hydrogen) atoms. The first-order valence-corrected chi connectivity index (χ1v) is 6.44. The van der Waals surface area contributed by atoms with Crippen LogP contribution in [0.2, 0.25) is 5.02 Å². The summed E-state index contributed by atoms with van der Waals surface area (Å²) >= 11 is 5.85. The highest BCUT2D eigenvalue weighted by Gasteiger charge is 2.11. The lowest BCUT2D eigenvalue weighted by atomic mass is 10.3. The van der Waals surface area contributed by atoms with E-state index in [0.717, 1.165) is 4.52 Å². The lowest BCUT2D eigenvalue weighted by Crippen LogP contribution is -2.15. The molecule has 2 heterocycles. The van der Waals surface area contributed by atoms with Gasteiger partial charge in [-0.1, -0.05) is 17.7 Å². The van der Waals surface area contributed by atoms with Crippen molar-refractivity contribution in [2.45, 2.75) is 6.92 Å². The molecule has 0 bridgehead atoms. The summed E-state index contributed by atoms with van der Waals surface area (Å²) in [6, 6.07) is 8.13. The van der Waals surface area contributed by atoms with E-state index < -0.39 is 5.56 Å². The molecule has 3 aromatic rings. The SMILES string of the molecule is Cc1cc(=O)n2[nH]c(=O)c(N=Nc3cccc(Cl)c3)c2[nH]1. The Balaban J connectivity index is 2.15. The zero-order valence-electron chi connectivity index (χ0n) is 10.9. The molecule has 0 spiro atoms. The lowest BCUT2D eigenvalue weighted by Gasteiger charge is -1.96. The van der Waals surface area contributed by atoms with Gasteiger partial charge in [0.1, 0.15) is 0 Å². The lowest BCUT2D eigenvalue weighted by molar-refractivity contribution is 0.875. The fourth-order valence-corrected chi connectivity index (χ4v) is 2.10. The first-order chi connectivity index (χ1) is 10.0. The topological polar surface area (TPSA) is 94.8 Å². The molecular weight excluding hydrogens is 294 g/mol. The minimum atomic E-state index is -0.500. The quantitative estimate of drug-likeness (QED) is 0.712. The van der Waals surface area contributed by atoms with Gasteiger partial charge in [0.25, 0.3) is 11.1 Å². The van der Waals surface area contributed by atoms with Crippen LogP contribution < -0.4 is 11.1 Å². The molecule has 2 N–H and O–H groups in total. The normalized spacial score (nSPS) is 11.5. The Morgan fingerprint density at radius 2 is 2.00 bits per heavy atom. The van der Waals surface area contributed by atoms with Gasteiger partial charge in [0.2, 0.25) is 0 Å². The van der Waals surface area contributed by atoms with Crippen LogP contribution in [0.25, 0.3) is 5.65 Å². The Morgan fingerprint density at radius 1 is 1.19 bits per heavy atom. The Bertz CT molecular complexity index is 967. The molecule has 0 fully saturated rings. The van der Waals surface area contributed by atoms with Crippen molar-refractivity contribution in [3.63, 3.8) is 0 Å². The fourth-order valence-electron chi connectivity index (χ4n) is 1.92. The van der Waals surface area contributed by atoms with Gasteiger partial charge in [0.05, 0.1) is 5.69 Å². The molecule has 8 heteroatoms. The van der Waals surface area contributed by atoms with Crippen LogP contribution >= 0.6 is 11.6 Å². The average molecular weight is 304 g/mol. The highest BCUT2D eigenvalue weighted by molar-refractivity contribution is 6.30. The molecule has 0 amide bonds. The molecule has 0 unspecified atom stereocenters. The van der Waals surface area contributed by atoms with Gasteiger partial charge in [-0.25, -0.2) is 0 Å². The number of hydrogen-bond acceptors (Lipinski definition) is 4. The predicted octanol–water partition coefficient (Wildman–Crippen LogP) is 2.69. The molecule has 0 atom stereocenters. The maximum Gasteiger partial charge on any atom is 0.294 e. The molecule has 0 saturated heterocycles. The number of aryl methyl sites for hydroxylation is 1. The van der Waals surface area contributed by atoms with Crippen LogP contribution in [-0.4, -0.2) is 14.6 Å². The second kappa shape index (κ2) is 5.02. The molecular formula is C13H10ClN5O2. The van der Waals surface area contributed by atoms with Gasteiger partial charge in [0, 0.05) is 16.8 Å². The maximum absolute atomic E-state index is 11.9. The summed E-state index contributed by atoms with van der Waals surface area (Å²) < 4.78 is 1.10. The Kier molecular flexibility index (Phi) is 3.19. The van der Waals surface area contributed by atoms with Crippen molar-refractivity contribution < 1.29 is 0 Å². The van der Waals surface area contributed by atoms with Gasteiger partial charge in [-0.05, 0) is 25.1 Å². The van der Waals surface area contributed by atoms with E-state index in [4.69, 9.17) is 11.6 Å². The predicted molar refractivity (Wildman–Crippen MR) is 79.0 cm³/mol. The standard InChI is InChI=1S/C13H10ClN5O2/c1-7-5-10(20)19-12(15-7)11(13(21)18-19)17-16-9-4-2-3-8(14)6-9/h2-6,15H,1H3,(H,18,21). The number of rotatable bonds is 2. The van der Waals surface area contributed by atoms with E-state index in [1.807, 2.05) is 0 Å². The third kappa shape index (κ3) is 2.50. The van der Waals surface area contributed by atoms with Gasteiger partial charge >= 0.3 is 0 Å². The van der Waals surface area contributed by atoms with Crippen LogP contribution in [0.5, 0.6) is 0 Å². The van der Waals surface area contributed by atoms with Crippen molar-refractivity contribution >= 4 is 28.6 Å². The zero-order valence-corrected chi connectivity index (χ0v) is 11.7. The highest BCUT2D eigenvalue weighted by atomic mass is 35.5. The summed E-state index contributed by atoms with van der Waals surface area (Å²) in [5.74, 6) is 0. The van der Waals surface area contributed by atoms with E-state index in [2.05, 4.69) is 20.3 Å². The van der Waals surface area contributed by atoms with E-state index in [9.17, 15) is 9.59 Å². The van der Waals surface area contributed by atoms with Crippen molar-refractivity contribution in [3.8, 4) is 0 Å². The van der Waals surface area contributed by atoms with Crippen LogP contribution in [0.4, 0.5) is 11.4 Å². The number of fused-ring (bicyclic) bond motifs is 1. The molecule has 1 aromatic carbocycles. The van der Waals surface area contributed by atoms with Crippen LogP contribution in [0.3, 0.4) is 0 Å². The summed E-state index contributed by atoms with van der Waals surface area (Å²) in [5.41, 5.74) is 0.600. The largest absolute Gasteiger partial charge is 0.342 e. The third-order valence-corrected chi connectivity index (χ3v) is 3.06. The summed E-state index contributed by atoms with van der Waals surface area (Å²) in [4.78, 5) is 26.6. The maximum atomic E-state index is 11.9. The molecule has 7 nitrogen and oxygen atoms in total. The monoisotopic (exact) mass is 303 g/mol. The Morgan fingerprint density at radius 3 is 2.76 bits per heavy atom. The van der Waals surface area contributed by atoms with Crippen LogP contribution in [0.15, 0.2) is 50.1 Å². The van der Waals surface area contributed by atoms with Crippen LogP contribution in [-0.2, 0) is 0 Å². The first kappa shape index (κ1) is 13.3. The number of azo groups is 1. The second-order valence-corrected chi connectivity index (χ2v) is 4.88. The minimum absolute atomic E-state index is 0.0378. The van der Waals surface area contributed by atoms with Crippen molar-refractivity contribution in [2.75, 3.05) is 0 Å². The smallest absolute Gasteiger partial charge is 0.294 e. The number of nitrogens with one attached hydrogen (secondary N) is 2. The van der Waals surface area contributed by atoms with E-state index in [-0.39, 0.29) is 16.9 Å². The molecule has 0 aliphatic rings.